The number of hydrogen-bond acceptors (Lipinski definition) is 6. The Bertz CT molecular complexity index is 965. The van der Waals surface area contributed by atoms with Gasteiger partial charge in [-0.2, -0.15) is 5.10 Å². The summed E-state index contributed by atoms with van der Waals surface area (Å²) in [5.74, 6) is 0.462. The molecule has 0 amide bonds. The van der Waals surface area contributed by atoms with Crippen LogP contribution in [-0.2, 0) is 4.74 Å². The Morgan fingerprint density at radius 2 is 1.93 bits per heavy atom. The number of ether oxygens (including phenoxy) is 1. The number of benzene rings is 1. The van der Waals surface area contributed by atoms with Gasteiger partial charge in [-0.15, -0.1) is 0 Å². The summed E-state index contributed by atoms with van der Waals surface area (Å²) in [5.41, 5.74) is 1.82. The van der Waals surface area contributed by atoms with Gasteiger partial charge in [0.15, 0.2) is 0 Å². The lowest BCUT2D eigenvalue weighted by molar-refractivity contribution is 0.00791. The van der Waals surface area contributed by atoms with E-state index in [4.69, 9.17) is 4.74 Å². The summed E-state index contributed by atoms with van der Waals surface area (Å²) in [5, 5.41) is 11.1. The molecule has 2 aromatic heterocycles. The zero-order chi connectivity index (χ0) is 19.6. The molecule has 0 radical (unpaired) electrons. The number of rotatable bonds is 4. The molecule has 1 aliphatic carbocycles. The van der Waals surface area contributed by atoms with Crippen molar-refractivity contribution in [3.63, 3.8) is 0 Å². The minimum absolute atomic E-state index is 0.311. The van der Waals surface area contributed by atoms with Crippen molar-refractivity contribution in [2.45, 2.75) is 37.8 Å². The Labute approximate surface area is 168 Å². The van der Waals surface area contributed by atoms with Crippen LogP contribution in [0.1, 0.15) is 25.7 Å². The van der Waals surface area contributed by atoms with Crippen LogP contribution in [0.3, 0.4) is 0 Å². The second-order valence-corrected chi connectivity index (χ2v) is 7.86. The van der Waals surface area contributed by atoms with Gasteiger partial charge in [0, 0.05) is 53.9 Å². The lowest BCUT2D eigenvalue weighted by Crippen LogP contribution is -2.46. The van der Waals surface area contributed by atoms with Crippen LogP contribution < -0.4 is 5.32 Å². The first kappa shape index (κ1) is 18.4. The van der Waals surface area contributed by atoms with Crippen molar-refractivity contribution in [2.75, 3.05) is 31.6 Å². The smallest absolute Gasteiger partial charge is 0.137 e. The quantitative estimate of drug-likeness (QED) is 0.705. The van der Waals surface area contributed by atoms with Crippen LogP contribution in [0.15, 0.2) is 30.9 Å². The first-order valence-electron chi connectivity index (χ1n) is 10.3. The summed E-state index contributed by atoms with van der Waals surface area (Å²) in [6, 6.07) is 4.31. The SMILES string of the molecule is Fc1cc2ncnc(NC3CCC(N4CCOCC4)CC3)c2cc1-c1cn[nH]c1. The third kappa shape index (κ3) is 3.82. The van der Waals surface area contributed by atoms with Gasteiger partial charge >= 0.3 is 0 Å². The summed E-state index contributed by atoms with van der Waals surface area (Å²) in [6.07, 6.45) is 9.36. The maximum Gasteiger partial charge on any atom is 0.137 e. The summed E-state index contributed by atoms with van der Waals surface area (Å²) in [4.78, 5) is 11.3. The van der Waals surface area contributed by atoms with Gasteiger partial charge in [-0.25, -0.2) is 14.4 Å². The van der Waals surface area contributed by atoms with Crippen molar-refractivity contribution in [1.29, 1.82) is 0 Å². The second kappa shape index (κ2) is 8.04. The third-order valence-corrected chi connectivity index (χ3v) is 6.13. The normalized spacial score (nSPS) is 23.3. The summed E-state index contributed by atoms with van der Waals surface area (Å²) in [6.45, 7) is 3.78. The van der Waals surface area contributed by atoms with Crippen LogP contribution in [0.25, 0.3) is 22.0 Å². The van der Waals surface area contributed by atoms with Crippen LogP contribution in [0.2, 0.25) is 0 Å². The van der Waals surface area contributed by atoms with Crippen molar-refractivity contribution in [3.8, 4) is 11.1 Å². The van der Waals surface area contributed by atoms with E-state index in [1.165, 1.54) is 25.2 Å². The van der Waals surface area contributed by atoms with Gasteiger partial charge < -0.3 is 10.1 Å². The summed E-state index contributed by atoms with van der Waals surface area (Å²) in [7, 11) is 0. The van der Waals surface area contributed by atoms with Crippen molar-refractivity contribution in [2.24, 2.45) is 0 Å². The second-order valence-electron chi connectivity index (χ2n) is 7.86. The van der Waals surface area contributed by atoms with E-state index < -0.39 is 0 Å². The molecule has 8 heteroatoms. The molecule has 7 nitrogen and oxygen atoms in total. The molecule has 2 N–H and O–H groups in total. The number of fused-ring (bicyclic) bond motifs is 1. The van der Waals surface area contributed by atoms with E-state index in [0.717, 1.165) is 50.3 Å². The van der Waals surface area contributed by atoms with Crippen LogP contribution >= 0.6 is 0 Å². The molecule has 0 bridgehead atoms. The minimum atomic E-state index is -0.311. The standard InChI is InChI=1S/C21H25FN6O/c22-19-10-20-18(9-17(19)14-11-25-26-12-14)21(24-13-23-20)27-15-1-3-16(4-2-15)28-5-7-29-8-6-28/h9-13,15-16H,1-8H2,(H,25,26)(H,23,24,27). The Morgan fingerprint density at radius 3 is 2.69 bits per heavy atom. The third-order valence-electron chi connectivity index (χ3n) is 6.13. The van der Waals surface area contributed by atoms with E-state index in [-0.39, 0.29) is 5.82 Å². The number of hydrogen-bond donors (Lipinski definition) is 2. The molecule has 2 fully saturated rings. The zero-order valence-corrected chi connectivity index (χ0v) is 16.3. The number of nitrogens with zero attached hydrogens (tertiary/aromatic N) is 4. The molecule has 3 aromatic rings. The first-order chi connectivity index (χ1) is 14.3. The summed E-state index contributed by atoms with van der Waals surface area (Å²) < 4.78 is 20.0. The molecule has 5 rings (SSSR count). The van der Waals surface area contributed by atoms with Gasteiger partial charge in [0.25, 0.3) is 0 Å². The number of halogens is 1. The molecule has 0 atom stereocenters. The molecular formula is C21H25FN6O. The topological polar surface area (TPSA) is 79.0 Å². The zero-order valence-electron chi connectivity index (χ0n) is 16.3. The number of nitrogens with one attached hydrogen (secondary N) is 2. The number of anilines is 1. The molecule has 1 aliphatic heterocycles. The van der Waals surface area contributed by atoms with E-state index in [0.29, 0.717) is 28.7 Å². The van der Waals surface area contributed by atoms with Gasteiger partial charge in [-0.05, 0) is 31.7 Å². The van der Waals surface area contributed by atoms with Gasteiger partial charge in [-0.1, -0.05) is 0 Å². The molecule has 1 saturated heterocycles. The molecule has 3 heterocycles. The van der Waals surface area contributed by atoms with Gasteiger partial charge in [0.1, 0.15) is 18.0 Å². The maximum absolute atomic E-state index is 14.6. The largest absolute Gasteiger partial charge is 0.379 e. The summed E-state index contributed by atoms with van der Waals surface area (Å²) >= 11 is 0. The van der Waals surface area contributed by atoms with Gasteiger partial charge in [-0.3, -0.25) is 10.00 Å². The molecule has 0 unspecified atom stereocenters. The van der Waals surface area contributed by atoms with E-state index in [2.05, 4.69) is 30.4 Å². The van der Waals surface area contributed by atoms with Gasteiger partial charge in [0.2, 0.25) is 0 Å². The van der Waals surface area contributed by atoms with Gasteiger partial charge in [0.05, 0.1) is 24.9 Å². The highest BCUT2D eigenvalue weighted by molar-refractivity contribution is 5.92. The molecule has 2 aliphatic rings. The number of morpholine rings is 1. The van der Waals surface area contributed by atoms with E-state index in [1.54, 1.807) is 12.4 Å². The lowest BCUT2D eigenvalue weighted by Gasteiger charge is -2.39. The van der Waals surface area contributed by atoms with Crippen LogP contribution in [0, 0.1) is 5.82 Å². The monoisotopic (exact) mass is 396 g/mol. The van der Waals surface area contributed by atoms with Crippen molar-refractivity contribution in [3.05, 3.63) is 36.7 Å². The average Bonchev–Trinajstić information content (AvgIpc) is 3.29. The molecular weight excluding hydrogens is 371 g/mol. The molecule has 29 heavy (non-hydrogen) atoms. The van der Waals surface area contributed by atoms with E-state index in [9.17, 15) is 4.39 Å². The van der Waals surface area contributed by atoms with Crippen molar-refractivity contribution in [1.82, 2.24) is 25.1 Å². The fourth-order valence-electron chi connectivity index (χ4n) is 4.53. The van der Waals surface area contributed by atoms with Crippen LogP contribution in [-0.4, -0.2) is 63.5 Å². The Kier molecular flexibility index (Phi) is 5.12. The minimum Gasteiger partial charge on any atom is -0.379 e. The molecule has 152 valence electrons. The molecule has 0 spiro atoms. The lowest BCUT2D eigenvalue weighted by atomic mass is 9.90. The van der Waals surface area contributed by atoms with Crippen LogP contribution in [0.4, 0.5) is 10.2 Å². The number of H-pyrrole nitrogens is 1. The highest BCUT2D eigenvalue weighted by Gasteiger charge is 2.27. The van der Waals surface area contributed by atoms with Crippen molar-refractivity contribution >= 4 is 16.7 Å². The Hall–Kier alpha value is -2.58. The van der Waals surface area contributed by atoms with Crippen molar-refractivity contribution < 1.29 is 9.13 Å². The van der Waals surface area contributed by atoms with Crippen LogP contribution in [0.5, 0.6) is 0 Å². The van der Waals surface area contributed by atoms with E-state index >= 15 is 0 Å². The Morgan fingerprint density at radius 1 is 1.10 bits per heavy atom. The highest BCUT2D eigenvalue weighted by Crippen LogP contribution is 2.31. The Balaban J connectivity index is 1.33. The maximum atomic E-state index is 14.6. The average molecular weight is 396 g/mol. The fraction of sp³-hybridized carbons (Fsp3) is 0.476. The number of aromatic nitrogens is 4. The highest BCUT2D eigenvalue weighted by atomic mass is 19.1. The predicted octanol–water partition coefficient (Wildman–Crippen LogP) is 3.21. The predicted molar refractivity (Wildman–Crippen MR) is 109 cm³/mol. The molecule has 1 saturated carbocycles. The number of aromatic amines is 1. The fourth-order valence-corrected chi connectivity index (χ4v) is 4.53. The van der Waals surface area contributed by atoms with E-state index in [1.807, 2.05) is 6.07 Å². The first-order valence-corrected chi connectivity index (χ1v) is 10.3. The molecule has 1 aromatic carbocycles.